The second kappa shape index (κ2) is 7.49. The topological polar surface area (TPSA) is 74.3 Å². The minimum absolute atomic E-state index is 0.319. The van der Waals surface area contributed by atoms with Gasteiger partial charge in [-0.3, -0.25) is 4.79 Å². The van der Waals surface area contributed by atoms with Gasteiger partial charge < -0.3 is 5.73 Å². The lowest BCUT2D eigenvalue weighted by Gasteiger charge is -2.28. The quantitative estimate of drug-likeness (QED) is 0.610. The van der Waals surface area contributed by atoms with E-state index >= 15 is 0 Å². The van der Waals surface area contributed by atoms with Gasteiger partial charge in [0.25, 0.3) is 0 Å². The summed E-state index contributed by atoms with van der Waals surface area (Å²) >= 11 is 0. The Labute approximate surface area is 160 Å². The van der Waals surface area contributed by atoms with Gasteiger partial charge in [0.2, 0.25) is 0 Å². The summed E-state index contributed by atoms with van der Waals surface area (Å²) in [5.41, 5.74) is 7.94. The van der Waals surface area contributed by atoms with Gasteiger partial charge in [-0.15, -0.1) is 0 Å². The zero-order valence-corrected chi connectivity index (χ0v) is 15.4. The summed E-state index contributed by atoms with van der Waals surface area (Å²) in [5.74, 6) is 0. The Bertz CT molecular complexity index is 899. The fourth-order valence-electron chi connectivity index (χ4n) is 3.06. The van der Waals surface area contributed by atoms with E-state index in [1.54, 1.807) is 19.1 Å². The number of halogens is 3. The lowest BCUT2D eigenvalue weighted by molar-refractivity contribution is -0.137. The third-order valence-corrected chi connectivity index (χ3v) is 4.73. The molecule has 9 heteroatoms. The lowest BCUT2D eigenvalue weighted by Crippen LogP contribution is -2.40. The number of nitrogen functional groups attached to an aromatic ring is 1. The van der Waals surface area contributed by atoms with E-state index in [-0.39, 0.29) is 0 Å². The molecule has 1 heterocycles. The van der Waals surface area contributed by atoms with Crippen molar-refractivity contribution in [1.82, 2.24) is 10.0 Å². The van der Waals surface area contributed by atoms with Gasteiger partial charge in [0.1, 0.15) is 0 Å². The molecule has 6 nitrogen and oxygen atoms in total. The third-order valence-electron chi connectivity index (χ3n) is 4.73. The predicted molar refractivity (Wildman–Crippen MR) is 97.5 cm³/mol. The van der Waals surface area contributed by atoms with Crippen LogP contribution in [0.25, 0.3) is 0 Å². The molecule has 3 rings (SSSR count). The molecule has 0 radical (unpaired) electrons. The maximum absolute atomic E-state index is 13.0. The van der Waals surface area contributed by atoms with Crippen molar-refractivity contribution >= 4 is 12.0 Å². The Morgan fingerprint density at radius 1 is 1.21 bits per heavy atom. The Balaban J connectivity index is 1.79. The lowest BCUT2D eigenvalue weighted by atomic mass is 10.0. The van der Waals surface area contributed by atoms with Gasteiger partial charge in [0.05, 0.1) is 18.2 Å². The van der Waals surface area contributed by atoms with Crippen LogP contribution >= 0.6 is 0 Å². The SMILES string of the molecule is Cc1cc(CN2N=NN(C(C)c3cccc(C(F)(F)F)c3)C2C=O)ccc1N. The number of anilines is 1. The molecule has 0 saturated carbocycles. The molecular weight excluding hydrogens is 371 g/mol. The Morgan fingerprint density at radius 3 is 2.61 bits per heavy atom. The van der Waals surface area contributed by atoms with Gasteiger partial charge in [-0.1, -0.05) is 34.7 Å². The third kappa shape index (κ3) is 3.92. The van der Waals surface area contributed by atoms with Crippen LogP contribution in [0, 0.1) is 6.92 Å². The van der Waals surface area contributed by atoms with E-state index in [9.17, 15) is 18.0 Å². The summed E-state index contributed by atoms with van der Waals surface area (Å²) in [5, 5.41) is 10.9. The van der Waals surface area contributed by atoms with Crippen LogP contribution < -0.4 is 5.73 Å². The molecule has 1 aliphatic heterocycles. The number of benzene rings is 2. The van der Waals surface area contributed by atoms with Gasteiger partial charge in [-0.05, 0) is 48.7 Å². The van der Waals surface area contributed by atoms with Crippen molar-refractivity contribution in [3.05, 3.63) is 64.7 Å². The van der Waals surface area contributed by atoms with E-state index in [2.05, 4.69) is 10.4 Å². The second-order valence-electron chi connectivity index (χ2n) is 6.70. The van der Waals surface area contributed by atoms with Gasteiger partial charge in [-0.25, -0.2) is 10.0 Å². The molecule has 0 fully saturated rings. The van der Waals surface area contributed by atoms with Gasteiger partial charge in [0.15, 0.2) is 12.5 Å². The van der Waals surface area contributed by atoms with Crippen molar-refractivity contribution in [3.63, 3.8) is 0 Å². The van der Waals surface area contributed by atoms with Crippen molar-refractivity contribution < 1.29 is 18.0 Å². The standard InChI is InChI=1S/C19H20F3N5O/c1-12-8-14(6-7-17(12)23)10-26-18(11-28)27(25-24-26)13(2)15-4-3-5-16(9-15)19(20,21)22/h3-9,11,13,18H,10,23H2,1-2H3. The van der Waals surface area contributed by atoms with Crippen molar-refractivity contribution in [2.24, 2.45) is 10.4 Å². The molecule has 1 aliphatic rings. The predicted octanol–water partition coefficient (Wildman–Crippen LogP) is 4.28. The minimum atomic E-state index is -4.44. The molecule has 2 aromatic rings. The first-order valence-electron chi connectivity index (χ1n) is 8.64. The molecule has 0 bridgehead atoms. The first kappa shape index (κ1) is 19.7. The molecule has 2 aromatic carbocycles. The van der Waals surface area contributed by atoms with E-state index in [1.165, 1.54) is 16.1 Å². The first-order valence-corrected chi connectivity index (χ1v) is 8.64. The maximum atomic E-state index is 13.0. The number of carbonyl (C=O) groups excluding carboxylic acids is 1. The van der Waals surface area contributed by atoms with E-state index in [0.717, 1.165) is 23.3 Å². The molecule has 0 aromatic heterocycles. The maximum Gasteiger partial charge on any atom is 0.416 e. The molecule has 2 N–H and O–H groups in total. The highest BCUT2D eigenvalue weighted by Crippen LogP contribution is 2.34. The summed E-state index contributed by atoms with van der Waals surface area (Å²) in [6, 6.07) is 9.92. The number of carbonyl (C=O) groups is 1. The van der Waals surface area contributed by atoms with Gasteiger partial charge in [0, 0.05) is 5.69 Å². The minimum Gasteiger partial charge on any atom is -0.399 e. The zero-order valence-electron chi connectivity index (χ0n) is 15.4. The summed E-state index contributed by atoms with van der Waals surface area (Å²) in [7, 11) is 0. The molecule has 2 atom stereocenters. The van der Waals surface area contributed by atoms with Crippen LogP contribution in [0.5, 0.6) is 0 Å². The van der Waals surface area contributed by atoms with Crippen molar-refractivity contribution in [2.75, 3.05) is 5.73 Å². The molecule has 0 amide bonds. The van der Waals surface area contributed by atoms with Crippen molar-refractivity contribution in [2.45, 2.75) is 38.8 Å². The fraction of sp³-hybridized carbons (Fsp3) is 0.316. The Hall–Kier alpha value is -3.10. The average molecular weight is 391 g/mol. The number of alkyl halides is 3. The van der Waals surface area contributed by atoms with Crippen LogP contribution in [0.1, 0.15) is 35.2 Å². The second-order valence-corrected chi connectivity index (χ2v) is 6.70. The van der Waals surface area contributed by atoms with Gasteiger partial charge >= 0.3 is 6.18 Å². The summed E-state index contributed by atoms with van der Waals surface area (Å²) in [6.07, 6.45) is -4.58. The molecular formula is C19H20F3N5O. The fourth-order valence-corrected chi connectivity index (χ4v) is 3.06. The smallest absolute Gasteiger partial charge is 0.399 e. The van der Waals surface area contributed by atoms with Crippen molar-refractivity contribution in [1.29, 1.82) is 0 Å². The number of nitrogens with two attached hydrogens (primary N) is 1. The number of hydrogen-bond acceptors (Lipinski definition) is 6. The van der Waals surface area contributed by atoms with E-state index in [4.69, 9.17) is 5.73 Å². The summed E-state index contributed by atoms with van der Waals surface area (Å²) in [6.45, 7) is 3.88. The highest BCUT2D eigenvalue weighted by molar-refractivity contribution is 5.57. The van der Waals surface area contributed by atoms with Crippen LogP contribution in [0.4, 0.5) is 18.9 Å². The largest absolute Gasteiger partial charge is 0.416 e. The molecule has 0 saturated heterocycles. The average Bonchev–Trinajstić information content (AvgIpc) is 3.06. The summed E-state index contributed by atoms with van der Waals surface area (Å²) < 4.78 is 39.0. The van der Waals surface area contributed by atoms with Crippen LogP contribution in [0.15, 0.2) is 52.9 Å². The van der Waals surface area contributed by atoms with Crippen LogP contribution in [0.3, 0.4) is 0 Å². The molecule has 0 spiro atoms. The van der Waals surface area contributed by atoms with Crippen LogP contribution in [-0.2, 0) is 17.5 Å². The molecule has 28 heavy (non-hydrogen) atoms. The van der Waals surface area contributed by atoms with E-state index in [1.807, 2.05) is 19.1 Å². The number of aryl methyl sites for hydroxylation is 1. The monoisotopic (exact) mass is 391 g/mol. The van der Waals surface area contributed by atoms with E-state index in [0.29, 0.717) is 24.1 Å². The van der Waals surface area contributed by atoms with Crippen LogP contribution in [-0.4, -0.2) is 22.5 Å². The highest BCUT2D eigenvalue weighted by atomic mass is 19.4. The number of nitrogens with zero attached hydrogens (tertiary/aromatic N) is 4. The van der Waals surface area contributed by atoms with Crippen molar-refractivity contribution in [3.8, 4) is 0 Å². The number of aldehydes is 1. The Kier molecular flexibility index (Phi) is 5.26. The molecule has 148 valence electrons. The first-order chi connectivity index (χ1) is 13.2. The zero-order chi connectivity index (χ0) is 20.5. The Morgan fingerprint density at radius 2 is 1.96 bits per heavy atom. The van der Waals surface area contributed by atoms with E-state index < -0.39 is 23.9 Å². The summed E-state index contributed by atoms with van der Waals surface area (Å²) in [4.78, 5) is 11.7. The normalized spacial score (nSPS) is 17.8. The molecule has 2 unspecified atom stereocenters. The van der Waals surface area contributed by atoms with Gasteiger partial charge in [-0.2, -0.15) is 13.2 Å². The van der Waals surface area contributed by atoms with Crippen LogP contribution in [0.2, 0.25) is 0 Å². The highest BCUT2D eigenvalue weighted by Gasteiger charge is 2.35. The molecule has 0 aliphatic carbocycles. The number of hydrogen-bond donors (Lipinski definition) is 1. The number of rotatable bonds is 5.